The van der Waals surface area contributed by atoms with E-state index in [1.165, 1.54) is 0 Å². The summed E-state index contributed by atoms with van der Waals surface area (Å²) in [7, 11) is 3.14. The Balaban J connectivity index is 1.68. The van der Waals surface area contributed by atoms with E-state index in [9.17, 15) is 13.6 Å². The molecular formula is C24H25F2N3O3. The van der Waals surface area contributed by atoms with Gasteiger partial charge in [0.05, 0.1) is 37.5 Å². The van der Waals surface area contributed by atoms with Crippen molar-refractivity contribution in [2.75, 3.05) is 46.9 Å². The van der Waals surface area contributed by atoms with Gasteiger partial charge in [-0.3, -0.25) is 9.69 Å². The molecule has 32 heavy (non-hydrogen) atoms. The molecule has 0 radical (unpaired) electrons. The van der Waals surface area contributed by atoms with E-state index in [4.69, 9.17) is 14.5 Å². The van der Waals surface area contributed by atoms with E-state index in [1.807, 2.05) is 36.4 Å². The van der Waals surface area contributed by atoms with Crippen LogP contribution in [-0.2, 0) is 0 Å². The Bertz CT molecular complexity index is 1110. The molecule has 1 saturated heterocycles. The van der Waals surface area contributed by atoms with Crippen molar-refractivity contribution >= 4 is 16.8 Å². The van der Waals surface area contributed by atoms with Gasteiger partial charge in [-0.1, -0.05) is 18.2 Å². The van der Waals surface area contributed by atoms with E-state index in [1.54, 1.807) is 36.2 Å². The lowest BCUT2D eigenvalue weighted by Gasteiger charge is -2.34. The molecule has 1 aliphatic heterocycles. The second kappa shape index (κ2) is 9.48. The second-order valence-corrected chi connectivity index (χ2v) is 7.63. The monoisotopic (exact) mass is 441 g/mol. The lowest BCUT2D eigenvalue weighted by molar-refractivity contribution is 0.0460. The topological polar surface area (TPSA) is 54.9 Å². The van der Waals surface area contributed by atoms with Crippen LogP contribution in [0, 0.1) is 0 Å². The third kappa shape index (κ3) is 4.50. The third-order valence-electron chi connectivity index (χ3n) is 5.68. The average molecular weight is 441 g/mol. The zero-order chi connectivity index (χ0) is 22.7. The van der Waals surface area contributed by atoms with E-state index in [0.717, 1.165) is 10.9 Å². The number of aromatic nitrogens is 1. The number of piperazine rings is 1. The van der Waals surface area contributed by atoms with Crippen LogP contribution in [0.4, 0.5) is 8.78 Å². The Labute approximate surface area is 185 Å². The first kappa shape index (κ1) is 22.0. The SMILES string of the molecule is COc1ccc(-c2cc(C(=O)N3CCN(CC(F)F)CC3)c3ccccc3n2)cc1OC. The van der Waals surface area contributed by atoms with Gasteiger partial charge in [0, 0.05) is 37.1 Å². The van der Waals surface area contributed by atoms with Crippen LogP contribution >= 0.6 is 0 Å². The number of carbonyl (C=O) groups is 1. The van der Waals surface area contributed by atoms with Crippen LogP contribution in [0.2, 0.25) is 0 Å². The number of fused-ring (bicyclic) bond motifs is 1. The summed E-state index contributed by atoms with van der Waals surface area (Å²) in [5.74, 6) is 1.06. The van der Waals surface area contributed by atoms with Crippen molar-refractivity contribution in [1.82, 2.24) is 14.8 Å². The molecule has 4 rings (SSSR count). The van der Waals surface area contributed by atoms with Crippen LogP contribution in [0.1, 0.15) is 10.4 Å². The van der Waals surface area contributed by atoms with Crippen molar-refractivity contribution in [1.29, 1.82) is 0 Å². The summed E-state index contributed by atoms with van der Waals surface area (Å²) in [6.07, 6.45) is -2.37. The molecule has 0 N–H and O–H groups in total. The molecule has 0 spiro atoms. The minimum atomic E-state index is -2.37. The number of amides is 1. The van der Waals surface area contributed by atoms with Gasteiger partial charge in [-0.15, -0.1) is 0 Å². The molecule has 0 bridgehead atoms. The number of nitrogens with zero attached hydrogens (tertiary/aromatic N) is 3. The predicted molar refractivity (Wildman–Crippen MR) is 119 cm³/mol. The molecule has 1 fully saturated rings. The number of hydrogen-bond donors (Lipinski definition) is 0. The maximum Gasteiger partial charge on any atom is 0.254 e. The van der Waals surface area contributed by atoms with Gasteiger partial charge >= 0.3 is 0 Å². The normalized spacial score (nSPS) is 14.7. The number of alkyl halides is 2. The summed E-state index contributed by atoms with van der Waals surface area (Å²) in [5.41, 5.74) is 2.69. The fourth-order valence-electron chi connectivity index (χ4n) is 3.99. The van der Waals surface area contributed by atoms with Gasteiger partial charge in [-0.2, -0.15) is 0 Å². The minimum absolute atomic E-state index is 0.123. The first-order valence-electron chi connectivity index (χ1n) is 10.4. The molecule has 1 aliphatic rings. The summed E-state index contributed by atoms with van der Waals surface area (Å²) in [6.45, 7) is 1.43. The largest absolute Gasteiger partial charge is 0.493 e. The Morgan fingerprint density at radius 1 is 1.00 bits per heavy atom. The van der Waals surface area contributed by atoms with Crippen LogP contribution in [0.25, 0.3) is 22.2 Å². The molecule has 8 heteroatoms. The molecule has 1 amide bonds. The van der Waals surface area contributed by atoms with E-state index in [2.05, 4.69) is 0 Å². The number of para-hydroxylation sites is 1. The van der Waals surface area contributed by atoms with Crippen LogP contribution in [0.3, 0.4) is 0 Å². The predicted octanol–water partition coefficient (Wildman–Crippen LogP) is 3.94. The van der Waals surface area contributed by atoms with E-state index < -0.39 is 6.43 Å². The molecule has 2 aromatic carbocycles. The van der Waals surface area contributed by atoms with Gasteiger partial charge in [-0.05, 0) is 30.3 Å². The van der Waals surface area contributed by atoms with Gasteiger partial charge in [0.15, 0.2) is 11.5 Å². The summed E-state index contributed by atoms with van der Waals surface area (Å²) >= 11 is 0. The second-order valence-electron chi connectivity index (χ2n) is 7.63. The number of hydrogen-bond acceptors (Lipinski definition) is 5. The van der Waals surface area contributed by atoms with Gasteiger partial charge in [0.2, 0.25) is 0 Å². The molecule has 0 unspecified atom stereocenters. The highest BCUT2D eigenvalue weighted by Gasteiger charge is 2.25. The molecule has 3 aromatic rings. The summed E-state index contributed by atoms with van der Waals surface area (Å²) in [6, 6.07) is 14.8. The van der Waals surface area contributed by atoms with Crippen molar-refractivity contribution in [3.8, 4) is 22.8 Å². The number of benzene rings is 2. The fraction of sp³-hybridized carbons (Fsp3) is 0.333. The quantitative estimate of drug-likeness (QED) is 0.580. The number of rotatable bonds is 6. The van der Waals surface area contributed by atoms with Crippen molar-refractivity contribution < 1.29 is 23.0 Å². The molecule has 168 valence electrons. The standard InChI is InChI=1S/C24H25F2N3O3/c1-31-21-8-7-16(13-22(21)32-2)20-14-18(17-5-3-4-6-19(17)27-20)24(30)29-11-9-28(10-12-29)15-23(25)26/h3-8,13-14,23H,9-12,15H2,1-2H3. The fourth-order valence-corrected chi connectivity index (χ4v) is 3.99. The zero-order valence-electron chi connectivity index (χ0n) is 18.1. The van der Waals surface area contributed by atoms with Gasteiger partial charge in [0.1, 0.15) is 0 Å². The maximum atomic E-state index is 13.4. The highest BCUT2D eigenvalue weighted by Crippen LogP contribution is 2.33. The third-order valence-corrected chi connectivity index (χ3v) is 5.68. The molecule has 0 saturated carbocycles. The molecule has 2 heterocycles. The Kier molecular flexibility index (Phi) is 6.50. The van der Waals surface area contributed by atoms with Crippen molar-refractivity contribution in [3.63, 3.8) is 0 Å². The number of halogens is 2. The highest BCUT2D eigenvalue weighted by molar-refractivity contribution is 6.07. The first-order valence-corrected chi connectivity index (χ1v) is 10.4. The first-order chi connectivity index (χ1) is 15.5. The van der Waals surface area contributed by atoms with E-state index >= 15 is 0 Å². The van der Waals surface area contributed by atoms with E-state index in [0.29, 0.717) is 54.5 Å². The van der Waals surface area contributed by atoms with Crippen LogP contribution in [-0.4, -0.2) is 74.1 Å². The summed E-state index contributed by atoms with van der Waals surface area (Å²) < 4.78 is 36.1. The highest BCUT2D eigenvalue weighted by atomic mass is 19.3. The molecule has 0 atom stereocenters. The maximum absolute atomic E-state index is 13.4. The average Bonchev–Trinajstić information content (AvgIpc) is 2.82. The molecule has 1 aromatic heterocycles. The van der Waals surface area contributed by atoms with Gasteiger partial charge in [-0.25, -0.2) is 13.8 Å². The van der Waals surface area contributed by atoms with Crippen molar-refractivity contribution in [3.05, 3.63) is 54.1 Å². The molecule has 6 nitrogen and oxygen atoms in total. The summed E-state index contributed by atoms with van der Waals surface area (Å²) in [5, 5.41) is 0.761. The van der Waals surface area contributed by atoms with Gasteiger partial charge < -0.3 is 14.4 Å². The van der Waals surface area contributed by atoms with Crippen molar-refractivity contribution in [2.24, 2.45) is 0 Å². The van der Waals surface area contributed by atoms with Crippen LogP contribution in [0.15, 0.2) is 48.5 Å². The van der Waals surface area contributed by atoms with Crippen LogP contribution in [0.5, 0.6) is 11.5 Å². The lowest BCUT2D eigenvalue weighted by atomic mass is 10.0. The Morgan fingerprint density at radius 2 is 1.72 bits per heavy atom. The number of methoxy groups -OCH3 is 2. The Morgan fingerprint density at radius 3 is 2.41 bits per heavy atom. The van der Waals surface area contributed by atoms with Gasteiger partial charge in [0.25, 0.3) is 12.3 Å². The lowest BCUT2D eigenvalue weighted by Crippen LogP contribution is -2.49. The minimum Gasteiger partial charge on any atom is -0.493 e. The Hall–Kier alpha value is -3.26. The molecular weight excluding hydrogens is 416 g/mol. The smallest absolute Gasteiger partial charge is 0.254 e. The van der Waals surface area contributed by atoms with E-state index in [-0.39, 0.29) is 12.5 Å². The van der Waals surface area contributed by atoms with Crippen LogP contribution < -0.4 is 9.47 Å². The number of carbonyl (C=O) groups excluding carboxylic acids is 1. The zero-order valence-corrected chi connectivity index (χ0v) is 18.1. The number of pyridine rings is 1. The number of ether oxygens (including phenoxy) is 2. The van der Waals surface area contributed by atoms with Crippen molar-refractivity contribution in [2.45, 2.75) is 6.43 Å². The summed E-state index contributed by atoms with van der Waals surface area (Å²) in [4.78, 5) is 21.6. The molecule has 0 aliphatic carbocycles.